The minimum Gasteiger partial charge on any atom is -0.349 e. The fourth-order valence-electron chi connectivity index (χ4n) is 2.83. The summed E-state index contributed by atoms with van der Waals surface area (Å²) in [5.74, 6) is -0.0463. The van der Waals surface area contributed by atoms with Crippen LogP contribution in [0.2, 0.25) is 0 Å². The van der Waals surface area contributed by atoms with E-state index in [1.807, 2.05) is 30.0 Å². The molecule has 0 aliphatic carbocycles. The Morgan fingerprint density at radius 2 is 1.96 bits per heavy atom. The molecule has 24 heavy (non-hydrogen) atoms. The highest BCUT2D eigenvalue weighted by Crippen LogP contribution is 2.18. The summed E-state index contributed by atoms with van der Waals surface area (Å²) in [5, 5.41) is 7.06. The molecule has 0 unspecified atom stereocenters. The topological polar surface area (TPSA) is 75.2 Å². The highest BCUT2D eigenvalue weighted by atomic mass is 32.1. The van der Waals surface area contributed by atoms with E-state index in [4.69, 9.17) is 0 Å². The van der Waals surface area contributed by atoms with Gasteiger partial charge in [0.2, 0.25) is 0 Å². The molecule has 6 nitrogen and oxygen atoms in total. The van der Waals surface area contributed by atoms with Crippen LogP contribution in [0.4, 0.5) is 0 Å². The number of carbonyl (C=O) groups excluding carboxylic acids is 2. The highest BCUT2D eigenvalue weighted by Gasteiger charge is 2.27. The number of likely N-dealkylation sites (tertiary alicyclic amines) is 1. The lowest BCUT2D eigenvalue weighted by Gasteiger charge is -2.32. The van der Waals surface area contributed by atoms with Crippen LogP contribution in [-0.2, 0) is 6.42 Å². The van der Waals surface area contributed by atoms with Gasteiger partial charge in [0, 0.05) is 24.7 Å². The van der Waals surface area contributed by atoms with Crippen LogP contribution in [0.1, 0.15) is 45.5 Å². The molecule has 0 atom stereocenters. The van der Waals surface area contributed by atoms with Crippen molar-refractivity contribution in [1.82, 2.24) is 19.8 Å². The number of nitrogens with zero attached hydrogens (tertiary/aromatic N) is 3. The van der Waals surface area contributed by atoms with Crippen molar-refractivity contribution in [3.8, 4) is 0 Å². The second-order valence-corrected chi connectivity index (χ2v) is 6.56. The van der Waals surface area contributed by atoms with Gasteiger partial charge in [-0.05, 0) is 42.9 Å². The third-order valence-electron chi connectivity index (χ3n) is 4.24. The van der Waals surface area contributed by atoms with Gasteiger partial charge in [0.15, 0.2) is 0 Å². The molecule has 2 heterocycles. The van der Waals surface area contributed by atoms with E-state index >= 15 is 0 Å². The first-order valence-corrected chi connectivity index (χ1v) is 8.92. The minimum atomic E-state index is -0.0553. The van der Waals surface area contributed by atoms with Gasteiger partial charge in [-0.15, -0.1) is 5.10 Å². The van der Waals surface area contributed by atoms with E-state index < -0.39 is 0 Å². The zero-order valence-corrected chi connectivity index (χ0v) is 14.4. The summed E-state index contributed by atoms with van der Waals surface area (Å²) >= 11 is 1.16. The molecular weight excluding hydrogens is 324 g/mol. The Morgan fingerprint density at radius 3 is 2.62 bits per heavy atom. The first-order valence-electron chi connectivity index (χ1n) is 8.15. The summed E-state index contributed by atoms with van der Waals surface area (Å²) in [4.78, 5) is 27.2. The fraction of sp³-hybridized carbons (Fsp3) is 0.412. The third kappa shape index (κ3) is 3.62. The smallest absolute Gasteiger partial charge is 0.267 e. The maximum Gasteiger partial charge on any atom is 0.267 e. The van der Waals surface area contributed by atoms with Crippen LogP contribution in [0, 0.1) is 0 Å². The molecule has 1 saturated heterocycles. The average molecular weight is 344 g/mol. The number of nitrogens with one attached hydrogen (secondary N) is 1. The highest BCUT2D eigenvalue weighted by molar-refractivity contribution is 7.08. The molecule has 1 fully saturated rings. The molecule has 1 aromatic heterocycles. The van der Waals surface area contributed by atoms with Crippen molar-refractivity contribution in [3.63, 3.8) is 0 Å². The number of aryl methyl sites for hydroxylation is 1. The van der Waals surface area contributed by atoms with Crippen molar-refractivity contribution in [2.24, 2.45) is 0 Å². The van der Waals surface area contributed by atoms with Crippen LogP contribution in [0.5, 0.6) is 0 Å². The maximum atomic E-state index is 12.6. The van der Waals surface area contributed by atoms with Gasteiger partial charge in [0.25, 0.3) is 11.8 Å². The summed E-state index contributed by atoms with van der Waals surface area (Å²) in [5.41, 5.74) is 1.43. The summed E-state index contributed by atoms with van der Waals surface area (Å²) in [6.45, 7) is 3.25. The van der Waals surface area contributed by atoms with Crippen molar-refractivity contribution < 1.29 is 9.59 Å². The Kier molecular flexibility index (Phi) is 5.20. The minimum absolute atomic E-state index is 0.00897. The molecule has 3 rings (SSSR count). The summed E-state index contributed by atoms with van der Waals surface area (Å²) < 4.78 is 3.88. The number of hydrogen-bond acceptors (Lipinski definition) is 5. The van der Waals surface area contributed by atoms with E-state index in [1.165, 1.54) is 0 Å². The number of hydrogen-bond donors (Lipinski definition) is 1. The number of piperidine rings is 1. The van der Waals surface area contributed by atoms with Crippen molar-refractivity contribution >= 4 is 23.3 Å². The SMILES string of the molecule is CCc1nnsc1C(=O)N1CCC(NC(=O)c2ccccc2)CC1. The molecule has 1 aliphatic rings. The van der Waals surface area contributed by atoms with Crippen LogP contribution >= 0.6 is 11.5 Å². The molecule has 1 N–H and O–H groups in total. The van der Waals surface area contributed by atoms with E-state index in [0.29, 0.717) is 30.0 Å². The van der Waals surface area contributed by atoms with Gasteiger partial charge in [-0.25, -0.2) is 0 Å². The summed E-state index contributed by atoms with van der Waals surface area (Å²) in [6, 6.07) is 9.30. The predicted octanol–water partition coefficient (Wildman–Crippen LogP) is 2.14. The Morgan fingerprint density at radius 1 is 1.25 bits per heavy atom. The molecule has 2 aromatic rings. The van der Waals surface area contributed by atoms with Crippen molar-refractivity contribution in [2.75, 3.05) is 13.1 Å². The normalized spacial score (nSPS) is 15.3. The molecule has 7 heteroatoms. The number of aromatic nitrogens is 2. The Balaban J connectivity index is 1.54. The monoisotopic (exact) mass is 344 g/mol. The first kappa shape index (κ1) is 16.6. The lowest BCUT2D eigenvalue weighted by Crippen LogP contribution is -2.46. The Hall–Kier alpha value is -2.28. The zero-order valence-electron chi connectivity index (χ0n) is 13.6. The van der Waals surface area contributed by atoms with Crippen LogP contribution in [-0.4, -0.2) is 45.4 Å². The Labute approximate surface area is 145 Å². The van der Waals surface area contributed by atoms with Crippen LogP contribution in [0.3, 0.4) is 0 Å². The second kappa shape index (κ2) is 7.53. The van der Waals surface area contributed by atoms with Gasteiger partial charge in [0.05, 0.1) is 5.69 Å². The molecule has 0 spiro atoms. The molecule has 1 aromatic carbocycles. The molecule has 0 bridgehead atoms. The van der Waals surface area contributed by atoms with Gasteiger partial charge in [-0.3, -0.25) is 9.59 Å². The first-order chi connectivity index (χ1) is 11.7. The maximum absolute atomic E-state index is 12.6. The van der Waals surface area contributed by atoms with Crippen LogP contribution in [0.15, 0.2) is 30.3 Å². The quantitative estimate of drug-likeness (QED) is 0.922. The zero-order chi connectivity index (χ0) is 16.9. The second-order valence-electron chi connectivity index (χ2n) is 5.81. The van der Waals surface area contributed by atoms with Gasteiger partial charge >= 0.3 is 0 Å². The lowest BCUT2D eigenvalue weighted by molar-refractivity contribution is 0.0701. The van der Waals surface area contributed by atoms with E-state index in [-0.39, 0.29) is 17.9 Å². The van der Waals surface area contributed by atoms with Gasteiger partial charge in [0.1, 0.15) is 4.88 Å². The van der Waals surface area contributed by atoms with E-state index in [2.05, 4.69) is 14.9 Å². The van der Waals surface area contributed by atoms with Crippen molar-refractivity contribution in [2.45, 2.75) is 32.2 Å². The molecule has 126 valence electrons. The van der Waals surface area contributed by atoms with Crippen molar-refractivity contribution in [1.29, 1.82) is 0 Å². The van der Waals surface area contributed by atoms with Gasteiger partial charge in [-0.2, -0.15) is 0 Å². The van der Waals surface area contributed by atoms with Gasteiger partial charge < -0.3 is 10.2 Å². The average Bonchev–Trinajstić information content (AvgIpc) is 3.11. The van der Waals surface area contributed by atoms with E-state index in [9.17, 15) is 9.59 Å². The lowest BCUT2D eigenvalue weighted by atomic mass is 10.0. The summed E-state index contributed by atoms with van der Waals surface area (Å²) in [7, 11) is 0. The largest absolute Gasteiger partial charge is 0.349 e. The molecule has 0 saturated carbocycles. The Bertz CT molecular complexity index is 708. The fourth-order valence-corrected chi connectivity index (χ4v) is 3.55. The van der Waals surface area contributed by atoms with Crippen LogP contribution < -0.4 is 5.32 Å². The van der Waals surface area contributed by atoms with Crippen LogP contribution in [0.25, 0.3) is 0 Å². The predicted molar refractivity (Wildman–Crippen MR) is 92.1 cm³/mol. The standard InChI is InChI=1S/C17H20N4O2S/c1-2-14-15(24-20-19-14)17(23)21-10-8-13(9-11-21)18-16(22)12-6-4-3-5-7-12/h3-7,13H,2,8-11H2,1H3,(H,18,22). The van der Waals surface area contributed by atoms with Gasteiger partial charge in [-0.1, -0.05) is 29.6 Å². The molecular formula is C17H20N4O2S. The van der Waals surface area contributed by atoms with E-state index in [1.54, 1.807) is 12.1 Å². The number of benzene rings is 1. The number of amides is 2. The van der Waals surface area contributed by atoms with Crippen molar-refractivity contribution in [3.05, 3.63) is 46.5 Å². The number of carbonyl (C=O) groups is 2. The summed E-state index contributed by atoms with van der Waals surface area (Å²) in [6.07, 6.45) is 2.23. The molecule has 1 aliphatic heterocycles. The third-order valence-corrected chi connectivity index (χ3v) is 4.99. The number of rotatable bonds is 4. The molecule has 0 radical (unpaired) electrons. The van der Waals surface area contributed by atoms with E-state index in [0.717, 1.165) is 30.1 Å². The molecule has 2 amide bonds.